The van der Waals surface area contributed by atoms with Gasteiger partial charge in [0, 0.05) is 36.1 Å². The largest absolute Gasteiger partial charge is 0.310 e. The van der Waals surface area contributed by atoms with Gasteiger partial charge >= 0.3 is 0 Å². The molecule has 98 valence electrons. The second-order valence-corrected chi connectivity index (χ2v) is 7.13. The van der Waals surface area contributed by atoms with Crippen molar-refractivity contribution in [2.75, 3.05) is 13.1 Å². The van der Waals surface area contributed by atoms with Gasteiger partial charge < -0.3 is 5.32 Å². The Kier molecular flexibility index (Phi) is 2.94. The van der Waals surface area contributed by atoms with Crippen LogP contribution in [0, 0.1) is 0 Å². The number of hydrogen-bond acceptors (Lipinski definition) is 3. The summed E-state index contributed by atoms with van der Waals surface area (Å²) >= 11 is 1.97. The molecule has 1 aromatic heterocycles. The number of hydrogen-bond donors (Lipinski definition) is 1. The van der Waals surface area contributed by atoms with E-state index in [1.807, 2.05) is 11.3 Å². The summed E-state index contributed by atoms with van der Waals surface area (Å²) in [6.07, 6.45) is 8.26. The van der Waals surface area contributed by atoms with Crippen molar-refractivity contribution < 1.29 is 0 Å². The molecular formula is C15H22N2S. The SMILES string of the molecule is c1cc2c(s1)CCCC2N1CCC(NC2CC2)C1. The van der Waals surface area contributed by atoms with Crippen molar-refractivity contribution in [3.8, 4) is 0 Å². The molecular weight excluding hydrogens is 240 g/mol. The number of nitrogens with zero attached hydrogens (tertiary/aromatic N) is 1. The van der Waals surface area contributed by atoms with Gasteiger partial charge in [-0.2, -0.15) is 0 Å². The van der Waals surface area contributed by atoms with E-state index in [1.165, 1.54) is 51.6 Å². The van der Waals surface area contributed by atoms with Crippen LogP contribution in [-0.2, 0) is 6.42 Å². The number of rotatable bonds is 3. The monoisotopic (exact) mass is 262 g/mol. The van der Waals surface area contributed by atoms with Crippen LogP contribution in [-0.4, -0.2) is 30.1 Å². The van der Waals surface area contributed by atoms with Crippen LogP contribution in [0.4, 0.5) is 0 Å². The summed E-state index contributed by atoms with van der Waals surface area (Å²) in [5.74, 6) is 0. The van der Waals surface area contributed by atoms with Crippen molar-refractivity contribution in [1.29, 1.82) is 0 Å². The smallest absolute Gasteiger partial charge is 0.0359 e. The van der Waals surface area contributed by atoms with Crippen LogP contribution < -0.4 is 5.32 Å². The third kappa shape index (κ3) is 2.13. The first-order valence-electron chi connectivity index (χ1n) is 7.46. The van der Waals surface area contributed by atoms with Gasteiger partial charge in [0.2, 0.25) is 0 Å². The van der Waals surface area contributed by atoms with Crippen LogP contribution in [0.1, 0.15) is 48.6 Å². The van der Waals surface area contributed by atoms with Gasteiger partial charge in [-0.25, -0.2) is 0 Å². The molecule has 2 atom stereocenters. The van der Waals surface area contributed by atoms with Crippen molar-refractivity contribution in [3.05, 3.63) is 21.9 Å². The Morgan fingerprint density at radius 1 is 1.17 bits per heavy atom. The van der Waals surface area contributed by atoms with Crippen LogP contribution in [0.25, 0.3) is 0 Å². The van der Waals surface area contributed by atoms with Gasteiger partial charge in [-0.1, -0.05) is 0 Å². The lowest BCUT2D eigenvalue weighted by atomic mass is 9.93. The van der Waals surface area contributed by atoms with Gasteiger partial charge in [0.05, 0.1) is 0 Å². The predicted octanol–water partition coefficient (Wildman–Crippen LogP) is 2.95. The van der Waals surface area contributed by atoms with Gasteiger partial charge in [0.25, 0.3) is 0 Å². The Labute approximate surface area is 113 Å². The summed E-state index contributed by atoms with van der Waals surface area (Å²) in [5.41, 5.74) is 1.65. The molecule has 1 saturated carbocycles. The minimum absolute atomic E-state index is 0.728. The quantitative estimate of drug-likeness (QED) is 0.901. The number of likely N-dealkylation sites (tertiary alicyclic amines) is 1. The molecule has 0 bridgehead atoms. The Bertz CT molecular complexity index is 424. The van der Waals surface area contributed by atoms with Crippen LogP contribution in [0.2, 0.25) is 0 Å². The highest BCUT2D eigenvalue weighted by Crippen LogP contribution is 2.38. The Balaban J connectivity index is 1.45. The first kappa shape index (κ1) is 11.4. The average Bonchev–Trinajstić information content (AvgIpc) is 2.91. The van der Waals surface area contributed by atoms with Crippen LogP contribution >= 0.6 is 11.3 Å². The number of fused-ring (bicyclic) bond motifs is 1. The van der Waals surface area contributed by atoms with Gasteiger partial charge in [-0.15, -0.1) is 11.3 Å². The molecule has 1 saturated heterocycles. The Morgan fingerprint density at radius 3 is 3.00 bits per heavy atom. The molecule has 0 aromatic carbocycles. The molecule has 0 radical (unpaired) electrons. The fourth-order valence-electron chi connectivity index (χ4n) is 3.63. The first-order chi connectivity index (χ1) is 8.90. The summed E-state index contributed by atoms with van der Waals surface area (Å²) in [4.78, 5) is 4.40. The topological polar surface area (TPSA) is 15.3 Å². The zero-order valence-corrected chi connectivity index (χ0v) is 11.7. The third-order valence-corrected chi connectivity index (χ3v) is 5.73. The maximum Gasteiger partial charge on any atom is 0.0359 e. The van der Waals surface area contributed by atoms with E-state index >= 15 is 0 Å². The zero-order chi connectivity index (χ0) is 11.9. The fourth-order valence-corrected chi connectivity index (χ4v) is 4.61. The second kappa shape index (κ2) is 4.62. The van der Waals surface area contributed by atoms with E-state index in [1.54, 1.807) is 10.4 Å². The van der Waals surface area contributed by atoms with Crippen molar-refractivity contribution in [2.24, 2.45) is 0 Å². The van der Waals surface area contributed by atoms with E-state index in [9.17, 15) is 0 Å². The molecule has 1 aromatic rings. The molecule has 2 nitrogen and oxygen atoms in total. The molecule has 0 amide bonds. The van der Waals surface area contributed by atoms with E-state index in [-0.39, 0.29) is 0 Å². The molecule has 2 fully saturated rings. The summed E-state index contributed by atoms with van der Waals surface area (Å²) in [6, 6.07) is 4.73. The lowest BCUT2D eigenvalue weighted by Gasteiger charge is -2.31. The van der Waals surface area contributed by atoms with E-state index in [4.69, 9.17) is 0 Å². The van der Waals surface area contributed by atoms with Crippen LogP contribution in [0.15, 0.2) is 11.4 Å². The molecule has 0 spiro atoms. The van der Waals surface area contributed by atoms with Crippen LogP contribution in [0.5, 0.6) is 0 Å². The second-order valence-electron chi connectivity index (χ2n) is 6.13. The van der Waals surface area contributed by atoms with Gasteiger partial charge in [0.1, 0.15) is 0 Å². The Morgan fingerprint density at radius 2 is 2.11 bits per heavy atom. The number of thiophene rings is 1. The highest BCUT2D eigenvalue weighted by atomic mass is 32.1. The summed E-state index contributed by atoms with van der Waals surface area (Å²) < 4.78 is 0. The molecule has 18 heavy (non-hydrogen) atoms. The van der Waals surface area contributed by atoms with Gasteiger partial charge in [-0.3, -0.25) is 4.90 Å². The molecule has 1 N–H and O–H groups in total. The van der Waals surface area contributed by atoms with Gasteiger partial charge in [0.15, 0.2) is 0 Å². The van der Waals surface area contributed by atoms with Crippen LogP contribution in [0.3, 0.4) is 0 Å². The van der Waals surface area contributed by atoms with Crippen molar-refractivity contribution in [3.63, 3.8) is 0 Å². The highest BCUT2D eigenvalue weighted by molar-refractivity contribution is 7.10. The van der Waals surface area contributed by atoms with E-state index in [2.05, 4.69) is 21.7 Å². The minimum Gasteiger partial charge on any atom is -0.310 e. The van der Waals surface area contributed by atoms with Crippen molar-refractivity contribution >= 4 is 11.3 Å². The molecule has 1 aliphatic heterocycles. The maximum atomic E-state index is 3.80. The highest BCUT2D eigenvalue weighted by Gasteiger charge is 2.34. The number of nitrogens with one attached hydrogen (secondary N) is 1. The van der Waals surface area contributed by atoms with Gasteiger partial charge in [-0.05, 0) is 55.5 Å². The summed E-state index contributed by atoms with van der Waals surface area (Å²) in [7, 11) is 0. The summed E-state index contributed by atoms with van der Waals surface area (Å²) in [6.45, 7) is 2.57. The normalized spacial score (nSPS) is 32.7. The fraction of sp³-hybridized carbons (Fsp3) is 0.733. The Hall–Kier alpha value is -0.380. The molecule has 3 aliphatic rings. The molecule has 2 heterocycles. The predicted molar refractivity (Wildman–Crippen MR) is 76.1 cm³/mol. The van der Waals surface area contributed by atoms with Crippen molar-refractivity contribution in [2.45, 2.75) is 56.7 Å². The molecule has 3 heteroatoms. The standard InChI is InChI=1S/C15H22N2S/c1-2-14(13-7-9-18-15(13)3-1)17-8-6-12(10-17)16-11-4-5-11/h7,9,11-12,14,16H,1-6,8,10H2. The average molecular weight is 262 g/mol. The minimum atomic E-state index is 0.728. The van der Waals surface area contributed by atoms with E-state index < -0.39 is 0 Å². The first-order valence-corrected chi connectivity index (χ1v) is 8.34. The van der Waals surface area contributed by atoms with Crippen molar-refractivity contribution in [1.82, 2.24) is 10.2 Å². The van der Waals surface area contributed by atoms with E-state index in [0.717, 1.165) is 18.1 Å². The molecule has 4 rings (SSSR count). The number of aryl methyl sites for hydroxylation is 1. The third-order valence-electron chi connectivity index (χ3n) is 4.73. The summed E-state index contributed by atoms with van der Waals surface area (Å²) in [5, 5.41) is 6.09. The maximum absolute atomic E-state index is 3.80. The lowest BCUT2D eigenvalue weighted by Crippen LogP contribution is -2.35. The van der Waals surface area contributed by atoms with E-state index in [0.29, 0.717) is 0 Å². The molecule has 2 aliphatic carbocycles. The molecule has 2 unspecified atom stereocenters. The lowest BCUT2D eigenvalue weighted by molar-refractivity contribution is 0.217. The zero-order valence-electron chi connectivity index (χ0n) is 10.9.